The first kappa shape index (κ1) is 14.3. The normalized spacial score (nSPS) is 15.2. The lowest BCUT2D eigenvalue weighted by molar-refractivity contribution is -0.111. The monoisotopic (exact) mass is 318 g/mol. The Kier molecular flexibility index (Phi) is 3.23. The second-order valence-electron chi connectivity index (χ2n) is 5.60. The van der Waals surface area contributed by atoms with Crippen LogP contribution < -0.4 is 4.90 Å². The van der Waals surface area contributed by atoms with Crippen molar-refractivity contribution >= 4 is 23.3 Å². The molecule has 1 aliphatic heterocycles. The predicted molar refractivity (Wildman–Crippen MR) is 90.5 cm³/mol. The van der Waals surface area contributed by atoms with Crippen LogP contribution in [0.15, 0.2) is 57.9 Å². The summed E-state index contributed by atoms with van der Waals surface area (Å²) in [5.74, 6) is 0.188. The van der Waals surface area contributed by atoms with Crippen LogP contribution in [0.25, 0.3) is 11.5 Å². The molecular formula is C18H14N4O2. The van der Waals surface area contributed by atoms with E-state index in [0.29, 0.717) is 11.6 Å². The van der Waals surface area contributed by atoms with Crippen molar-refractivity contribution in [2.24, 2.45) is 4.99 Å². The van der Waals surface area contributed by atoms with Crippen molar-refractivity contribution in [1.82, 2.24) is 10.2 Å². The van der Waals surface area contributed by atoms with Gasteiger partial charge in [-0.25, -0.2) is 0 Å². The number of fused-ring (bicyclic) bond motifs is 1. The molecule has 0 fully saturated rings. The Morgan fingerprint density at radius 3 is 2.67 bits per heavy atom. The van der Waals surface area contributed by atoms with Crippen molar-refractivity contribution in [3.63, 3.8) is 0 Å². The number of aliphatic imine (C=N–C) groups is 1. The molecule has 0 aliphatic carbocycles. The lowest BCUT2D eigenvalue weighted by atomic mass is 10.1. The van der Waals surface area contributed by atoms with Crippen LogP contribution in [0.1, 0.15) is 11.1 Å². The molecule has 2 heterocycles. The van der Waals surface area contributed by atoms with Gasteiger partial charge in [0.05, 0.1) is 5.69 Å². The van der Waals surface area contributed by atoms with E-state index in [1.807, 2.05) is 55.5 Å². The van der Waals surface area contributed by atoms with Crippen molar-refractivity contribution in [2.45, 2.75) is 6.92 Å². The van der Waals surface area contributed by atoms with E-state index in [9.17, 15) is 4.79 Å². The average molecular weight is 318 g/mol. The summed E-state index contributed by atoms with van der Waals surface area (Å²) in [5.41, 5.74) is 3.79. The van der Waals surface area contributed by atoms with Crippen molar-refractivity contribution in [3.8, 4) is 11.5 Å². The number of carbonyl (C=O) groups excluding carboxylic acids is 1. The molecule has 0 saturated heterocycles. The minimum absolute atomic E-state index is 0.0694. The van der Waals surface area contributed by atoms with Gasteiger partial charge >= 0.3 is 6.01 Å². The van der Waals surface area contributed by atoms with Crippen molar-refractivity contribution in [3.05, 3.63) is 59.7 Å². The molecule has 118 valence electrons. The molecule has 0 saturated carbocycles. The fourth-order valence-electron chi connectivity index (χ4n) is 2.68. The maximum Gasteiger partial charge on any atom is 0.343 e. The quantitative estimate of drug-likeness (QED) is 0.727. The maximum absolute atomic E-state index is 12.5. The van der Waals surface area contributed by atoms with E-state index in [1.54, 1.807) is 11.9 Å². The van der Waals surface area contributed by atoms with Gasteiger partial charge in [0.1, 0.15) is 5.71 Å². The number of rotatable bonds is 2. The number of nitrogens with zero attached hydrogens (tertiary/aromatic N) is 4. The molecule has 0 unspecified atom stereocenters. The third kappa shape index (κ3) is 2.28. The summed E-state index contributed by atoms with van der Waals surface area (Å²) in [6, 6.07) is 15.3. The van der Waals surface area contributed by atoms with Crippen LogP contribution in [-0.2, 0) is 4.79 Å². The molecule has 0 atom stereocenters. The van der Waals surface area contributed by atoms with Crippen LogP contribution >= 0.6 is 0 Å². The highest BCUT2D eigenvalue weighted by atomic mass is 16.4. The molecule has 4 rings (SSSR count). The first-order valence-electron chi connectivity index (χ1n) is 7.50. The summed E-state index contributed by atoms with van der Waals surface area (Å²) in [7, 11) is 1.72. The standard InChI is InChI=1S/C18H14N4O2/c1-11-8-9-14-13(10-11)15(17(23)22(14)2)19-18-21-20-16(24-18)12-6-4-3-5-7-12/h3-10H,1-2H3/b19-15-. The Balaban J connectivity index is 1.76. The third-order valence-electron chi connectivity index (χ3n) is 3.92. The smallest absolute Gasteiger partial charge is 0.343 e. The number of hydrogen-bond donors (Lipinski definition) is 0. The number of carbonyl (C=O) groups is 1. The number of amides is 1. The molecule has 0 spiro atoms. The third-order valence-corrected chi connectivity index (χ3v) is 3.92. The van der Waals surface area contributed by atoms with Gasteiger partial charge in [-0.3, -0.25) is 4.79 Å². The number of aryl methyl sites for hydroxylation is 1. The Morgan fingerprint density at radius 1 is 1.08 bits per heavy atom. The Bertz CT molecular complexity index is 960. The van der Waals surface area contributed by atoms with Crippen LogP contribution in [0.5, 0.6) is 0 Å². The van der Waals surface area contributed by atoms with Gasteiger partial charge in [0.15, 0.2) is 0 Å². The van der Waals surface area contributed by atoms with Gasteiger partial charge < -0.3 is 9.32 Å². The zero-order valence-corrected chi connectivity index (χ0v) is 13.2. The van der Waals surface area contributed by atoms with Crippen LogP contribution in [0.3, 0.4) is 0 Å². The first-order valence-corrected chi connectivity index (χ1v) is 7.50. The fraction of sp³-hybridized carbons (Fsp3) is 0.111. The number of likely N-dealkylation sites (N-methyl/N-ethyl adjacent to an activating group) is 1. The molecule has 0 bridgehead atoms. The largest absolute Gasteiger partial charge is 0.402 e. The summed E-state index contributed by atoms with van der Waals surface area (Å²) in [6.45, 7) is 1.97. The van der Waals surface area contributed by atoms with Crippen LogP contribution in [0, 0.1) is 6.92 Å². The number of aromatic nitrogens is 2. The zero-order chi connectivity index (χ0) is 16.7. The molecule has 0 radical (unpaired) electrons. The molecule has 24 heavy (non-hydrogen) atoms. The van der Waals surface area contributed by atoms with Crippen LogP contribution in [-0.4, -0.2) is 28.9 Å². The lowest BCUT2D eigenvalue weighted by Crippen LogP contribution is -2.25. The van der Waals surface area contributed by atoms with Gasteiger partial charge in [-0.15, -0.1) is 5.10 Å². The first-order chi connectivity index (χ1) is 11.6. The summed E-state index contributed by atoms with van der Waals surface area (Å²) in [5, 5.41) is 7.93. The second kappa shape index (κ2) is 5.42. The average Bonchev–Trinajstić information content (AvgIpc) is 3.15. The minimum Gasteiger partial charge on any atom is -0.402 e. The Hall–Kier alpha value is -3.28. The van der Waals surface area contributed by atoms with E-state index in [-0.39, 0.29) is 11.9 Å². The van der Waals surface area contributed by atoms with Gasteiger partial charge in [0.2, 0.25) is 5.89 Å². The molecule has 1 amide bonds. The van der Waals surface area contributed by atoms with Gasteiger partial charge in [-0.2, -0.15) is 4.99 Å². The predicted octanol–water partition coefficient (Wildman–Crippen LogP) is 3.14. The Morgan fingerprint density at radius 2 is 1.88 bits per heavy atom. The number of anilines is 1. The van der Waals surface area contributed by atoms with Crippen LogP contribution in [0.2, 0.25) is 0 Å². The fourth-order valence-corrected chi connectivity index (χ4v) is 2.68. The molecule has 6 heteroatoms. The summed E-state index contributed by atoms with van der Waals surface area (Å²) in [6.07, 6.45) is 0. The zero-order valence-electron chi connectivity index (χ0n) is 13.2. The molecule has 6 nitrogen and oxygen atoms in total. The van der Waals surface area contributed by atoms with Crippen molar-refractivity contribution in [1.29, 1.82) is 0 Å². The van der Waals surface area contributed by atoms with Gasteiger partial charge in [-0.05, 0) is 31.2 Å². The van der Waals surface area contributed by atoms with E-state index in [1.165, 1.54) is 0 Å². The van der Waals surface area contributed by atoms with Crippen molar-refractivity contribution < 1.29 is 9.21 Å². The van der Waals surface area contributed by atoms with Gasteiger partial charge in [-0.1, -0.05) is 34.9 Å². The lowest BCUT2D eigenvalue weighted by Gasteiger charge is -2.08. The van der Waals surface area contributed by atoms with Crippen molar-refractivity contribution in [2.75, 3.05) is 11.9 Å². The molecule has 1 aromatic heterocycles. The van der Waals surface area contributed by atoms with E-state index >= 15 is 0 Å². The highest BCUT2D eigenvalue weighted by Crippen LogP contribution is 2.30. The number of hydrogen-bond acceptors (Lipinski definition) is 5. The molecule has 2 aromatic carbocycles. The highest BCUT2D eigenvalue weighted by Gasteiger charge is 2.32. The maximum atomic E-state index is 12.5. The summed E-state index contributed by atoms with van der Waals surface area (Å²) >= 11 is 0. The SMILES string of the molecule is Cc1ccc2c(c1)/C(=N/c1nnc(-c3ccccc3)o1)C(=O)N2C. The summed E-state index contributed by atoms with van der Waals surface area (Å²) in [4.78, 5) is 18.3. The van der Waals surface area contributed by atoms with E-state index in [2.05, 4.69) is 15.2 Å². The topological polar surface area (TPSA) is 71.6 Å². The molecule has 1 aliphatic rings. The van der Waals surface area contributed by atoms with Gasteiger partial charge in [0.25, 0.3) is 5.91 Å². The molecule has 3 aromatic rings. The second-order valence-corrected chi connectivity index (χ2v) is 5.60. The van der Waals surface area contributed by atoms with Gasteiger partial charge in [0, 0.05) is 18.2 Å². The minimum atomic E-state index is -0.185. The Labute approximate surface area is 138 Å². The van der Waals surface area contributed by atoms with E-state index < -0.39 is 0 Å². The van der Waals surface area contributed by atoms with Crippen LogP contribution in [0.4, 0.5) is 11.7 Å². The summed E-state index contributed by atoms with van der Waals surface area (Å²) < 4.78 is 5.58. The molecular weight excluding hydrogens is 304 g/mol. The van der Waals surface area contributed by atoms with E-state index in [4.69, 9.17) is 4.42 Å². The highest BCUT2D eigenvalue weighted by molar-refractivity contribution is 6.54. The molecule has 0 N–H and O–H groups in total. The number of benzene rings is 2. The van der Waals surface area contributed by atoms with E-state index in [0.717, 1.165) is 22.4 Å².